The molecule has 0 radical (unpaired) electrons. The van der Waals surface area contributed by atoms with Crippen LogP contribution in [-0.2, 0) is 28.8 Å². The van der Waals surface area contributed by atoms with Gasteiger partial charge in [-0.2, -0.15) is 0 Å². The number of amides is 3. The van der Waals surface area contributed by atoms with Crippen LogP contribution < -0.4 is 30.2 Å². The molecule has 0 saturated carbocycles. The largest absolute Gasteiger partial charge is 0.478 e. The second-order valence-electron chi connectivity index (χ2n) is 33.0. The molecule has 2 unspecified atom stereocenters. The molecule has 141 heavy (non-hydrogen) atoms. The molecule has 0 saturated heterocycles. The van der Waals surface area contributed by atoms with Gasteiger partial charge in [-0.25, -0.2) is 55.1 Å². The lowest BCUT2D eigenvalue weighted by atomic mass is 10.0. The Morgan fingerprint density at radius 3 is 0.809 bits per heavy atom. The number of carbonyl (C=O) groups is 9. The number of carbonyl (C=O) groups excluding carboxylic acids is 6. The molecular formula is C117H137F6N3O15. The van der Waals surface area contributed by atoms with Gasteiger partial charge in [-0.15, -0.1) is 0 Å². The number of unbranched alkanes of at least 4 members (excludes halogenated alkanes) is 1. The van der Waals surface area contributed by atoms with E-state index in [0.717, 1.165) is 146 Å². The Hall–Kier alpha value is -14.3. The zero-order chi connectivity index (χ0) is 103. The van der Waals surface area contributed by atoms with Crippen molar-refractivity contribution in [1.82, 2.24) is 16.0 Å². The lowest BCUT2D eigenvalue weighted by molar-refractivity contribution is -0.140. The third-order valence-corrected chi connectivity index (χ3v) is 20.3. The van der Waals surface area contributed by atoms with Crippen LogP contribution in [0, 0.1) is 46.7 Å². The van der Waals surface area contributed by atoms with Crippen molar-refractivity contribution in [2.24, 2.45) is 11.8 Å². The van der Waals surface area contributed by atoms with Crippen molar-refractivity contribution in [3.05, 3.63) is 367 Å². The number of carboxylic acids is 3. The molecule has 0 spiro atoms. The fraction of sp³-hybridized carbons (Fsp3) is 0.325. The number of nitrogens with one attached hydrogen (secondary N) is 3. The average molecular weight is 1940 g/mol. The first-order valence-electron chi connectivity index (χ1n) is 48.1. The molecule has 752 valence electrons. The second kappa shape index (κ2) is 72.9. The molecule has 0 aliphatic rings. The Bertz CT molecular complexity index is 5480. The Morgan fingerprint density at radius 1 is 0.298 bits per heavy atom. The quantitative estimate of drug-likeness (QED) is 0.00681. The molecule has 0 aromatic heterocycles. The first kappa shape index (κ1) is 119. The van der Waals surface area contributed by atoms with Gasteiger partial charge in [0.2, 0.25) is 17.7 Å². The van der Waals surface area contributed by atoms with Crippen molar-refractivity contribution in [2.75, 3.05) is 6.54 Å². The third kappa shape index (κ3) is 53.5. The number of benzene rings is 6. The van der Waals surface area contributed by atoms with Crippen LogP contribution in [0.15, 0.2) is 316 Å². The summed E-state index contributed by atoms with van der Waals surface area (Å²) in [5, 5.41) is 36.9. The van der Waals surface area contributed by atoms with Gasteiger partial charge in [-0.3, -0.25) is 14.4 Å². The van der Waals surface area contributed by atoms with E-state index >= 15 is 0 Å². The van der Waals surface area contributed by atoms with E-state index in [9.17, 15) is 84.8 Å². The maximum Gasteiger partial charge on any atom is 0.339 e. The topological polar surface area (TPSA) is 278 Å². The maximum atomic E-state index is 14.3. The molecule has 2 atom stereocenters. The van der Waals surface area contributed by atoms with Crippen molar-refractivity contribution in [3.8, 4) is 50.6 Å². The SMILES string of the molecule is CC/C=C\C/C=C\C/C=C\C/C=C\C/C=C\C/C=C\CCC(=O)NC(CC(C)C)C(=O)Oc1ccc(-c2ccc(F)cc2F)cc1C(=O)O.CC/C=C\C/C=C\C/C=C\C/C=C\C/C=C\C/C=C\CCC(=O)NCC(=O)Oc1ccc(-c2ccc(F)cc2F)cc1C(=O)O.CC/C=C\C/C=C\C/C=C\C/C=C\C/C=C\CCCC(=O)NC(CC(C)C)C(=O)Oc1ccc(-c2ccc(F)cc2F)cc1C(=O)O. The number of halogens is 6. The number of hydrogen-bond acceptors (Lipinski definition) is 12. The van der Waals surface area contributed by atoms with Crippen LogP contribution in [0.3, 0.4) is 0 Å². The Kier molecular flexibility index (Phi) is 61.6. The Balaban J connectivity index is 0.000000442. The van der Waals surface area contributed by atoms with Crippen molar-refractivity contribution in [1.29, 1.82) is 0 Å². The van der Waals surface area contributed by atoms with Gasteiger partial charge >= 0.3 is 35.8 Å². The molecule has 18 nitrogen and oxygen atoms in total. The summed E-state index contributed by atoms with van der Waals surface area (Å²) in [6.45, 7) is 13.5. The van der Waals surface area contributed by atoms with Crippen molar-refractivity contribution in [2.45, 2.75) is 227 Å². The lowest BCUT2D eigenvalue weighted by Crippen LogP contribution is -2.43. The molecular weight excluding hydrogens is 1800 g/mol. The monoisotopic (exact) mass is 1940 g/mol. The molecule has 0 heterocycles. The van der Waals surface area contributed by atoms with Gasteiger partial charge in [0.25, 0.3) is 0 Å². The number of ether oxygens (including phenoxy) is 3. The molecule has 6 N–H and O–H groups in total. The van der Waals surface area contributed by atoms with Crippen LogP contribution in [0.2, 0.25) is 0 Å². The van der Waals surface area contributed by atoms with E-state index in [0.29, 0.717) is 50.3 Å². The summed E-state index contributed by atoms with van der Waals surface area (Å²) in [5.74, 6) is -13.2. The number of aromatic carboxylic acids is 3. The second-order valence-corrected chi connectivity index (χ2v) is 33.0. The highest BCUT2D eigenvalue weighted by molar-refractivity contribution is 5.97. The summed E-state index contributed by atoms with van der Waals surface area (Å²) >= 11 is 0. The Labute approximate surface area is 827 Å². The van der Waals surface area contributed by atoms with E-state index in [1.807, 2.05) is 58.1 Å². The first-order chi connectivity index (χ1) is 68.0. The van der Waals surface area contributed by atoms with Crippen molar-refractivity contribution < 1.29 is 99.0 Å². The molecule has 6 rings (SSSR count). The predicted molar refractivity (Wildman–Crippen MR) is 552 cm³/mol. The van der Waals surface area contributed by atoms with Gasteiger partial charge in [0, 0.05) is 54.2 Å². The van der Waals surface area contributed by atoms with E-state index in [-0.39, 0.29) is 123 Å². The van der Waals surface area contributed by atoms with Gasteiger partial charge in [-0.05, 0) is 249 Å². The van der Waals surface area contributed by atoms with E-state index in [4.69, 9.17) is 14.2 Å². The maximum absolute atomic E-state index is 14.3. The minimum absolute atomic E-state index is 0.00121. The molecule has 0 bridgehead atoms. The summed E-state index contributed by atoms with van der Waals surface area (Å²) in [6.07, 6.45) is 91.1. The summed E-state index contributed by atoms with van der Waals surface area (Å²) in [7, 11) is 0. The number of allylic oxidation sites excluding steroid dienone is 34. The van der Waals surface area contributed by atoms with E-state index in [1.54, 1.807) is 0 Å². The van der Waals surface area contributed by atoms with Crippen molar-refractivity contribution >= 4 is 53.5 Å². The zero-order valence-electron chi connectivity index (χ0n) is 81.9. The predicted octanol–water partition coefficient (Wildman–Crippen LogP) is 28.8. The fourth-order valence-electron chi connectivity index (χ4n) is 13.2. The molecule has 24 heteroatoms. The van der Waals surface area contributed by atoms with Crippen LogP contribution in [0.1, 0.15) is 246 Å². The van der Waals surface area contributed by atoms with Gasteiger partial charge in [0.05, 0.1) is 0 Å². The minimum atomic E-state index is -1.40. The summed E-state index contributed by atoms with van der Waals surface area (Å²) < 4.78 is 98.6. The number of rotatable bonds is 60. The van der Waals surface area contributed by atoms with Crippen molar-refractivity contribution in [3.63, 3.8) is 0 Å². The van der Waals surface area contributed by atoms with E-state index in [1.165, 1.54) is 54.6 Å². The summed E-state index contributed by atoms with van der Waals surface area (Å²) in [6, 6.07) is 18.2. The lowest BCUT2D eigenvalue weighted by Gasteiger charge is -2.20. The molecule has 0 aliphatic carbocycles. The highest BCUT2D eigenvalue weighted by atomic mass is 19.2. The number of carboxylic acid groups (broad SMARTS) is 3. The van der Waals surface area contributed by atoms with Crippen LogP contribution in [0.25, 0.3) is 33.4 Å². The Morgan fingerprint density at radius 2 is 0.546 bits per heavy atom. The average Bonchev–Trinajstić information content (AvgIpc) is 0.805. The third-order valence-electron chi connectivity index (χ3n) is 20.3. The van der Waals surface area contributed by atoms with Gasteiger partial charge in [0.1, 0.15) is 87.5 Å². The fourth-order valence-corrected chi connectivity index (χ4v) is 13.2. The summed E-state index contributed by atoms with van der Waals surface area (Å²) in [5.41, 5.74) is -0.597. The molecule has 0 fully saturated rings. The van der Waals surface area contributed by atoms with Gasteiger partial charge < -0.3 is 45.5 Å². The van der Waals surface area contributed by atoms with Crippen LogP contribution in [0.4, 0.5) is 26.3 Å². The normalized spacial score (nSPS) is 12.6. The van der Waals surface area contributed by atoms with Crippen LogP contribution in [-0.4, -0.2) is 87.5 Å². The molecule has 6 aromatic rings. The van der Waals surface area contributed by atoms with Crippen LogP contribution >= 0.6 is 0 Å². The number of esters is 3. The first-order valence-corrected chi connectivity index (χ1v) is 48.1. The number of hydrogen-bond donors (Lipinski definition) is 6. The molecule has 0 aliphatic heterocycles. The molecule has 3 amide bonds. The minimum Gasteiger partial charge on any atom is -0.478 e. The zero-order valence-corrected chi connectivity index (χ0v) is 81.9. The van der Waals surface area contributed by atoms with Gasteiger partial charge in [-0.1, -0.05) is 273 Å². The van der Waals surface area contributed by atoms with E-state index < -0.39 is 89.3 Å². The molecule has 6 aromatic carbocycles. The van der Waals surface area contributed by atoms with E-state index in [2.05, 4.69) is 213 Å². The smallest absolute Gasteiger partial charge is 0.339 e. The highest BCUT2D eigenvalue weighted by Crippen LogP contribution is 2.34. The standard InChI is InChI=1S/C41H49F2NO5.C39H47F2NO5.C37H41F2NO5/c1-4-5-6-7-8-9-10-11-12-13-14-15-16-17-18-19-20-21-22-23-39(45)44-37(28-31(2)3)41(48)49-38-27-24-32(29-35(38)40(46)47)34-26-25-33(42)30-36(34)43;1-4-5-6-7-8-9-10-11-12-13-14-15-16-17-18-19-20-21-37(43)42-35(26-29(2)3)39(46)47-36-25-22-30(27-33(36)38(44)45)32-24-23-31(40)28-34(32)41;1-2-3-4-5-6-7-8-9-10-11-12-13-14-15-16-17-18-19-20-21-35(41)40-28-36(42)45-34-25-22-29(26-32(34)37(43)44)31-24-23-30(38)27-33(31)39/h5-6,8-9,11-12,14-15,17-18,20-21,24-27,29-31,37H,4,7,10,13,16,19,22-23,28H2,1-3H3,(H,44,45)(H,46,47);5-6,8-9,11-12,14-15,17-18,22-25,27-29,35H,4,7,10,13,16,19-21,26H2,1-3H3,(H,42,43)(H,44,45);3-4,6-7,9-10,12-13,15-16,18-19,22-27H,2,5,8,11,14,17,20-21,28H2,1H3,(H,40,41)(H,43,44)/b6-5-,9-8-,12-11-,15-14-,18-17-,21-20-;6-5-,9-8-,12-11-,15-14-,18-17-;4-3-,7-6-,10-9-,13-12-,16-15-,19-18-. The highest BCUT2D eigenvalue weighted by Gasteiger charge is 2.29. The van der Waals surface area contributed by atoms with Crippen LogP contribution in [0.5, 0.6) is 17.2 Å². The summed E-state index contributed by atoms with van der Waals surface area (Å²) in [4.78, 5) is 111. The van der Waals surface area contributed by atoms with Gasteiger partial charge in [0.15, 0.2) is 0 Å².